The fourth-order valence-corrected chi connectivity index (χ4v) is 4.89. The first-order valence-corrected chi connectivity index (χ1v) is 13.0. The van der Waals surface area contributed by atoms with Gasteiger partial charge in [0.2, 0.25) is 0 Å². The Morgan fingerprint density at radius 2 is 1.23 bits per heavy atom. The highest BCUT2D eigenvalue weighted by atomic mass is 16.1. The number of unbranched alkanes of at least 4 members (excludes halogenated alkanes) is 4. The van der Waals surface area contributed by atoms with Crippen molar-refractivity contribution in [3.8, 4) is 0 Å². The van der Waals surface area contributed by atoms with E-state index in [0.29, 0.717) is 47.6 Å². The number of hydrogen-bond donors (Lipinski definition) is 4. The Bertz CT molecular complexity index is 1010. The van der Waals surface area contributed by atoms with Crippen LogP contribution in [0.25, 0.3) is 0 Å². The van der Waals surface area contributed by atoms with Gasteiger partial charge in [-0.2, -0.15) is 0 Å². The number of rotatable bonds is 15. The molecule has 1 aliphatic rings. The Labute approximate surface area is 209 Å². The van der Waals surface area contributed by atoms with Crippen LogP contribution in [0.5, 0.6) is 0 Å². The summed E-state index contributed by atoms with van der Waals surface area (Å²) in [6.07, 6.45) is 5.86. The van der Waals surface area contributed by atoms with Gasteiger partial charge in [-0.05, 0) is 18.6 Å². The van der Waals surface area contributed by atoms with Gasteiger partial charge in [0.25, 0.3) is 0 Å². The Morgan fingerprint density at radius 1 is 0.714 bits per heavy atom. The fourth-order valence-electron chi connectivity index (χ4n) is 4.89. The van der Waals surface area contributed by atoms with Crippen LogP contribution in [0, 0.1) is 0 Å². The summed E-state index contributed by atoms with van der Waals surface area (Å²) < 4.78 is 0.759. The average Bonchev–Trinajstić information content (AvgIpc) is 2.85. The number of nitrogens with one attached hydrogen (secondary N) is 2. The van der Waals surface area contributed by atoms with E-state index in [1.54, 1.807) is 12.1 Å². The number of quaternary nitrogens is 1. The molecule has 0 unspecified atom stereocenters. The number of ketones is 2. The molecular formula is C28H42N5O2+. The molecular weight excluding hydrogens is 438 g/mol. The molecule has 3 rings (SSSR count). The monoisotopic (exact) mass is 480 g/mol. The largest absolute Gasteiger partial charge is 0.384 e. The average molecular weight is 481 g/mol. The minimum atomic E-state index is -0.106. The Balaban J connectivity index is 1.85. The van der Waals surface area contributed by atoms with E-state index in [0.717, 1.165) is 49.2 Å². The summed E-state index contributed by atoms with van der Waals surface area (Å²) in [6.45, 7) is 7.31. The highest BCUT2D eigenvalue weighted by Gasteiger charge is 2.34. The third kappa shape index (κ3) is 6.48. The number of benzene rings is 2. The van der Waals surface area contributed by atoms with Crippen LogP contribution in [0.3, 0.4) is 0 Å². The summed E-state index contributed by atoms with van der Waals surface area (Å²) in [4.78, 5) is 27.1. The van der Waals surface area contributed by atoms with Crippen LogP contribution in [-0.4, -0.2) is 68.9 Å². The zero-order valence-electron chi connectivity index (χ0n) is 21.4. The van der Waals surface area contributed by atoms with E-state index >= 15 is 0 Å². The van der Waals surface area contributed by atoms with Crippen LogP contribution in [0.15, 0.2) is 36.4 Å². The minimum absolute atomic E-state index is 0.0979. The SMILES string of the molecule is CCCCCCCNc1ccc(NCC[N+](C)(CCN)CCN)c2c1C(=O)c1ccccc1C2=O. The molecule has 35 heavy (non-hydrogen) atoms. The van der Waals surface area contributed by atoms with Crippen LogP contribution < -0.4 is 22.1 Å². The van der Waals surface area contributed by atoms with Gasteiger partial charge >= 0.3 is 0 Å². The highest BCUT2D eigenvalue weighted by Crippen LogP contribution is 2.36. The molecule has 7 heteroatoms. The van der Waals surface area contributed by atoms with Gasteiger partial charge in [-0.1, -0.05) is 56.9 Å². The predicted octanol–water partition coefficient (Wildman–Crippen LogP) is 3.62. The fraction of sp³-hybridized carbons (Fsp3) is 0.500. The zero-order valence-corrected chi connectivity index (χ0v) is 21.4. The van der Waals surface area contributed by atoms with E-state index in [9.17, 15) is 9.59 Å². The molecule has 2 aromatic carbocycles. The molecule has 0 saturated carbocycles. The summed E-state index contributed by atoms with van der Waals surface area (Å²) in [5, 5.41) is 6.89. The van der Waals surface area contributed by atoms with Gasteiger partial charge < -0.3 is 26.6 Å². The molecule has 190 valence electrons. The van der Waals surface area contributed by atoms with Crippen molar-refractivity contribution in [1.29, 1.82) is 0 Å². The van der Waals surface area contributed by atoms with Crippen molar-refractivity contribution in [3.63, 3.8) is 0 Å². The molecule has 0 fully saturated rings. The first-order chi connectivity index (χ1) is 17.0. The van der Waals surface area contributed by atoms with Crippen LogP contribution in [0.1, 0.15) is 70.9 Å². The van der Waals surface area contributed by atoms with Gasteiger partial charge in [0.1, 0.15) is 0 Å². The van der Waals surface area contributed by atoms with E-state index < -0.39 is 0 Å². The first-order valence-electron chi connectivity index (χ1n) is 13.0. The van der Waals surface area contributed by atoms with Crippen molar-refractivity contribution in [2.24, 2.45) is 11.5 Å². The lowest BCUT2D eigenvalue weighted by atomic mass is 9.82. The normalized spacial score (nSPS) is 12.9. The standard InChI is InChI=1S/C28H41N5O2/c1-3-4-5-6-9-16-31-23-12-13-24(32-17-20-33(2,18-14-29)19-15-30)26-25(23)27(34)21-10-7-8-11-22(21)28(26)35/h7-8,10-13H,3-6,9,14-20,29-30H2,1-2H3,(H-,31,32,34,35)/p+1. The summed E-state index contributed by atoms with van der Waals surface area (Å²) in [6, 6.07) is 11.0. The predicted molar refractivity (Wildman–Crippen MR) is 144 cm³/mol. The van der Waals surface area contributed by atoms with Crippen molar-refractivity contribution >= 4 is 22.9 Å². The molecule has 0 aromatic heterocycles. The van der Waals surface area contributed by atoms with E-state index in [1.165, 1.54) is 19.3 Å². The van der Waals surface area contributed by atoms with Gasteiger partial charge in [-0.15, -0.1) is 0 Å². The Morgan fingerprint density at radius 3 is 1.74 bits per heavy atom. The molecule has 0 atom stereocenters. The maximum absolute atomic E-state index is 13.6. The molecule has 7 nitrogen and oxygen atoms in total. The minimum Gasteiger partial charge on any atom is -0.384 e. The molecule has 2 aromatic rings. The van der Waals surface area contributed by atoms with Gasteiger partial charge in [-0.3, -0.25) is 9.59 Å². The second-order valence-corrected chi connectivity index (χ2v) is 9.75. The summed E-state index contributed by atoms with van der Waals surface area (Å²) in [7, 11) is 2.15. The number of likely N-dealkylation sites (N-methyl/N-ethyl adjacent to an activating group) is 1. The van der Waals surface area contributed by atoms with E-state index in [4.69, 9.17) is 11.5 Å². The zero-order chi connectivity index (χ0) is 25.3. The second kappa shape index (κ2) is 12.8. The molecule has 0 bridgehead atoms. The smallest absolute Gasteiger partial charge is 0.196 e. The topological polar surface area (TPSA) is 110 Å². The van der Waals surface area contributed by atoms with Gasteiger partial charge in [0.05, 0.1) is 44.4 Å². The highest BCUT2D eigenvalue weighted by molar-refractivity contribution is 6.31. The number of nitrogens with two attached hydrogens (primary N) is 2. The number of hydrogen-bond acceptors (Lipinski definition) is 6. The number of anilines is 2. The van der Waals surface area contributed by atoms with Crippen molar-refractivity contribution < 1.29 is 14.1 Å². The van der Waals surface area contributed by atoms with Gasteiger partial charge in [0, 0.05) is 42.1 Å². The summed E-state index contributed by atoms with van der Waals surface area (Å²) in [5.41, 5.74) is 15.0. The maximum atomic E-state index is 13.6. The quantitative estimate of drug-likeness (QED) is 0.195. The van der Waals surface area contributed by atoms with Crippen molar-refractivity contribution in [1.82, 2.24) is 0 Å². The molecule has 0 amide bonds. The third-order valence-electron chi connectivity index (χ3n) is 6.98. The van der Waals surface area contributed by atoms with Crippen LogP contribution in [0.4, 0.5) is 11.4 Å². The molecule has 6 N–H and O–H groups in total. The van der Waals surface area contributed by atoms with E-state index in [2.05, 4.69) is 24.6 Å². The van der Waals surface area contributed by atoms with Crippen molar-refractivity contribution in [2.75, 3.05) is 63.5 Å². The van der Waals surface area contributed by atoms with Crippen molar-refractivity contribution in [3.05, 3.63) is 58.7 Å². The van der Waals surface area contributed by atoms with Crippen LogP contribution in [0.2, 0.25) is 0 Å². The van der Waals surface area contributed by atoms with Gasteiger partial charge in [-0.25, -0.2) is 0 Å². The van der Waals surface area contributed by atoms with E-state index in [-0.39, 0.29) is 11.6 Å². The Hall–Kier alpha value is -2.74. The number of carbonyl (C=O) groups excluding carboxylic acids is 2. The molecule has 0 spiro atoms. The number of nitrogens with zero attached hydrogens (tertiary/aromatic N) is 1. The first kappa shape index (κ1) is 26.9. The lowest BCUT2D eigenvalue weighted by Gasteiger charge is -2.34. The van der Waals surface area contributed by atoms with E-state index in [1.807, 2.05) is 24.3 Å². The number of carbonyl (C=O) groups is 2. The number of fused-ring (bicyclic) bond motifs is 2. The van der Waals surface area contributed by atoms with Crippen molar-refractivity contribution in [2.45, 2.75) is 39.0 Å². The molecule has 1 aliphatic carbocycles. The Kier molecular flexibility index (Phi) is 9.83. The van der Waals surface area contributed by atoms with Crippen LogP contribution >= 0.6 is 0 Å². The molecule has 0 saturated heterocycles. The summed E-state index contributed by atoms with van der Waals surface area (Å²) >= 11 is 0. The molecule has 0 heterocycles. The lowest BCUT2D eigenvalue weighted by molar-refractivity contribution is -0.905. The van der Waals surface area contributed by atoms with Crippen LogP contribution in [-0.2, 0) is 0 Å². The van der Waals surface area contributed by atoms with Gasteiger partial charge in [0.15, 0.2) is 11.6 Å². The molecule has 0 radical (unpaired) electrons. The maximum Gasteiger partial charge on any atom is 0.196 e. The summed E-state index contributed by atoms with van der Waals surface area (Å²) in [5.74, 6) is -0.204. The lowest BCUT2D eigenvalue weighted by Crippen LogP contribution is -2.52. The third-order valence-corrected chi connectivity index (χ3v) is 6.98. The second-order valence-electron chi connectivity index (χ2n) is 9.75. The molecule has 0 aliphatic heterocycles.